The van der Waals surface area contributed by atoms with Gasteiger partial charge in [-0.3, -0.25) is 4.79 Å². The number of carbonyl (C=O) groups is 1. The van der Waals surface area contributed by atoms with Gasteiger partial charge in [-0.25, -0.2) is 9.37 Å². The van der Waals surface area contributed by atoms with Gasteiger partial charge in [0, 0.05) is 13.1 Å². The highest BCUT2D eigenvalue weighted by molar-refractivity contribution is 5.88. The van der Waals surface area contributed by atoms with Crippen molar-refractivity contribution in [1.29, 1.82) is 0 Å². The van der Waals surface area contributed by atoms with Crippen molar-refractivity contribution in [1.82, 2.24) is 14.9 Å². The molecule has 0 saturated heterocycles. The molecule has 28 heavy (non-hydrogen) atoms. The van der Waals surface area contributed by atoms with Gasteiger partial charge in [-0.05, 0) is 49.6 Å². The van der Waals surface area contributed by atoms with Crippen LogP contribution in [0.3, 0.4) is 0 Å². The first-order valence-corrected chi connectivity index (χ1v) is 10.1. The fourth-order valence-corrected chi connectivity index (χ4v) is 4.52. The van der Waals surface area contributed by atoms with Gasteiger partial charge in [0.25, 0.3) is 0 Å². The number of carbonyl (C=O) groups excluding carboxylic acids is 1. The first-order chi connectivity index (χ1) is 13.6. The standard InChI is InChI=1S/C23H26FN3O/c1-17-26-20-10-3-4-11-21(20)27(17)15-14-25-22(28)23(12-5-2-6-13-23)18-8-7-9-19(24)16-18/h3-4,7-11,16H,2,5-6,12-15H2,1H3,(H,25,28). The second-order valence-corrected chi connectivity index (χ2v) is 7.71. The quantitative estimate of drug-likeness (QED) is 0.709. The van der Waals surface area contributed by atoms with Gasteiger partial charge >= 0.3 is 0 Å². The van der Waals surface area contributed by atoms with E-state index in [1.165, 1.54) is 12.1 Å². The SMILES string of the molecule is Cc1nc2ccccc2n1CCNC(=O)C1(c2cccc(F)c2)CCCCC1. The fourth-order valence-electron chi connectivity index (χ4n) is 4.52. The molecule has 146 valence electrons. The van der Waals surface area contributed by atoms with Crippen molar-refractivity contribution in [2.75, 3.05) is 6.54 Å². The second kappa shape index (κ2) is 7.74. The molecule has 1 aromatic heterocycles. The zero-order valence-corrected chi connectivity index (χ0v) is 16.2. The zero-order valence-electron chi connectivity index (χ0n) is 16.2. The summed E-state index contributed by atoms with van der Waals surface area (Å²) in [6, 6.07) is 14.6. The molecule has 1 fully saturated rings. The lowest BCUT2D eigenvalue weighted by molar-refractivity contribution is -0.128. The number of fused-ring (bicyclic) bond motifs is 1. The molecule has 0 atom stereocenters. The summed E-state index contributed by atoms with van der Waals surface area (Å²) < 4.78 is 16.0. The van der Waals surface area contributed by atoms with Gasteiger partial charge in [0.1, 0.15) is 11.6 Å². The highest BCUT2D eigenvalue weighted by Crippen LogP contribution is 2.40. The summed E-state index contributed by atoms with van der Waals surface area (Å²) in [6.45, 7) is 3.17. The monoisotopic (exact) mass is 379 g/mol. The second-order valence-electron chi connectivity index (χ2n) is 7.71. The number of hydrogen-bond acceptors (Lipinski definition) is 2. The molecule has 1 aliphatic rings. The maximum absolute atomic E-state index is 13.8. The zero-order chi connectivity index (χ0) is 19.6. The Morgan fingerprint density at radius 1 is 1.14 bits per heavy atom. The van der Waals surface area contributed by atoms with Crippen LogP contribution in [0.5, 0.6) is 0 Å². The summed E-state index contributed by atoms with van der Waals surface area (Å²) in [6.07, 6.45) is 4.67. The molecule has 0 aliphatic heterocycles. The molecule has 4 rings (SSSR count). The van der Waals surface area contributed by atoms with Gasteiger partial charge in [0.2, 0.25) is 5.91 Å². The largest absolute Gasteiger partial charge is 0.354 e. The van der Waals surface area contributed by atoms with Crippen molar-refractivity contribution in [2.45, 2.75) is 51.0 Å². The average Bonchev–Trinajstić information content (AvgIpc) is 3.04. The number of benzene rings is 2. The smallest absolute Gasteiger partial charge is 0.230 e. The molecule has 1 N–H and O–H groups in total. The number of para-hydroxylation sites is 2. The van der Waals surface area contributed by atoms with Crippen LogP contribution >= 0.6 is 0 Å². The van der Waals surface area contributed by atoms with E-state index in [-0.39, 0.29) is 11.7 Å². The van der Waals surface area contributed by atoms with E-state index in [4.69, 9.17) is 0 Å². The molecule has 3 aromatic rings. The summed E-state index contributed by atoms with van der Waals surface area (Å²) in [5.41, 5.74) is 2.22. The Balaban J connectivity index is 1.51. The highest BCUT2D eigenvalue weighted by Gasteiger charge is 2.41. The maximum atomic E-state index is 13.8. The Hall–Kier alpha value is -2.69. The van der Waals surface area contributed by atoms with E-state index in [0.717, 1.165) is 54.5 Å². The number of aromatic nitrogens is 2. The molecule has 0 radical (unpaired) electrons. The van der Waals surface area contributed by atoms with Crippen molar-refractivity contribution in [3.63, 3.8) is 0 Å². The summed E-state index contributed by atoms with van der Waals surface area (Å²) >= 11 is 0. The highest BCUT2D eigenvalue weighted by atomic mass is 19.1. The topological polar surface area (TPSA) is 46.9 Å². The van der Waals surface area contributed by atoms with Gasteiger partial charge in [-0.1, -0.05) is 43.5 Å². The fraction of sp³-hybridized carbons (Fsp3) is 0.391. The van der Waals surface area contributed by atoms with Crippen molar-refractivity contribution < 1.29 is 9.18 Å². The van der Waals surface area contributed by atoms with Gasteiger partial charge in [-0.15, -0.1) is 0 Å². The minimum atomic E-state index is -0.619. The van der Waals surface area contributed by atoms with Crippen molar-refractivity contribution >= 4 is 16.9 Å². The molecule has 1 saturated carbocycles. The molecule has 1 aliphatic carbocycles. The van der Waals surface area contributed by atoms with E-state index in [1.807, 2.05) is 37.3 Å². The molecule has 2 aromatic carbocycles. The molecule has 5 heteroatoms. The lowest BCUT2D eigenvalue weighted by Crippen LogP contribution is -2.46. The minimum Gasteiger partial charge on any atom is -0.354 e. The molecule has 0 spiro atoms. The van der Waals surface area contributed by atoms with Gasteiger partial charge in [0.15, 0.2) is 0 Å². The van der Waals surface area contributed by atoms with Crippen molar-refractivity contribution in [3.05, 3.63) is 65.7 Å². The third-order valence-electron chi connectivity index (χ3n) is 5.99. The minimum absolute atomic E-state index is 0.0138. The van der Waals surface area contributed by atoms with Crippen LogP contribution < -0.4 is 5.32 Å². The number of imidazole rings is 1. The Bertz CT molecular complexity index is 988. The van der Waals surface area contributed by atoms with E-state index >= 15 is 0 Å². The van der Waals surface area contributed by atoms with Gasteiger partial charge < -0.3 is 9.88 Å². The predicted molar refractivity (Wildman–Crippen MR) is 109 cm³/mol. The average molecular weight is 379 g/mol. The summed E-state index contributed by atoms with van der Waals surface area (Å²) in [4.78, 5) is 17.8. The van der Waals surface area contributed by atoms with Crippen LogP contribution in [0.25, 0.3) is 11.0 Å². The number of rotatable bonds is 5. The van der Waals surface area contributed by atoms with Crippen LogP contribution in [-0.2, 0) is 16.8 Å². The van der Waals surface area contributed by atoms with E-state index in [2.05, 4.69) is 14.9 Å². The third-order valence-corrected chi connectivity index (χ3v) is 5.99. The van der Waals surface area contributed by atoms with Crippen LogP contribution in [-0.4, -0.2) is 22.0 Å². The normalized spacial score (nSPS) is 16.2. The van der Waals surface area contributed by atoms with Gasteiger partial charge in [-0.2, -0.15) is 0 Å². The molecular formula is C23H26FN3O. The Morgan fingerprint density at radius 2 is 1.93 bits per heavy atom. The van der Waals surface area contributed by atoms with E-state index in [0.29, 0.717) is 13.1 Å². The number of amides is 1. The Morgan fingerprint density at radius 3 is 2.71 bits per heavy atom. The predicted octanol–water partition coefficient (Wildman–Crippen LogP) is 4.50. The van der Waals surface area contributed by atoms with Crippen LogP contribution in [0.2, 0.25) is 0 Å². The first kappa shape index (κ1) is 18.7. The number of aryl methyl sites for hydroxylation is 1. The third kappa shape index (κ3) is 3.41. The first-order valence-electron chi connectivity index (χ1n) is 10.1. The Kier molecular flexibility index (Phi) is 5.16. The van der Waals surface area contributed by atoms with Crippen LogP contribution in [0.4, 0.5) is 4.39 Å². The number of halogens is 1. The number of hydrogen-bond donors (Lipinski definition) is 1. The molecular weight excluding hydrogens is 353 g/mol. The Labute approximate surface area is 164 Å². The summed E-state index contributed by atoms with van der Waals surface area (Å²) in [5.74, 6) is 0.670. The van der Waals surface area contributed by atoms with E-state index in [1.54, 1.807) is 6.07 Å². The molecule has 1 heterocycles. The molecule has 4 nitrogen and oxygen atoms in total. The summed E-state index contributed by atoms with van der Waals surface area (Å²) in [7, 11) is 0. The molecule has 0 bridgehead atoms. The number of nitrogens with one attached hydrogen (secondary N) is 1. The van der Waals surface area contributed by atoms with E-state index < -0.39 is 5.41 Å². The van der Waals surface area contributed by atoms with Crippen molar-refractivity contribution in [2.24, 2.45) is 0 Å². The van der Waals surface area contributed by atoms with Crippen LogP contribution in [0.1, 0.15) is 43.5 Å². The molecule has 1 amide bonds. The van der Waals surface area contributed by atoms with Crippen LogP contribution in [0.15, 0.2) is 48.5 Å². The van der Waals surface area contributed by atoms with Crippen LogP contribution in [0, 0.1) is 12.7 Å². The van der Waals surface area contributed by atoms with Gasteiger partial charge in [0.05, 0.1) is 16.4 Å². The lowest BCUT2D eigenvalue weighted by Gasteiger charge is -2.36. The van der Waals surface area contributed by atoms with E-state index in [9.17, 15) is 9.18 Å². The number of nitrogens with zero attached hydrogens (tertiary/aromatic N) is 2. The van der Waals surface area contributed by atoms with Crippen molar-refractivity contribution in [3.8, 4) is 0 Å². The maximum Gasteiger partial charge on any atom is 0.230 e. The molecule has 0 unspecified atom stereocenters. The summed E-state index contributed by atoms with van der Waals surface area (Å²) in [5, 5.41) is 3.13. The lowest BCUT2D eigenvalue weighted by atomic mass is 9.68.